The largest absolute Gasteiger partial charge is 0.390 e. The molecule has 7 aliphatic rings. The molecule has 0 radical (unpaired) electrons. The molecule has 3 N–H and O–H groups in total. The van der Waals surface area contributed by atoms with Gasteiger partial charge in [-0.1, -0.05) is 27.7 Å². The van der Waals surface area contributed by atoms with Gasteiger partial charge in [0.1, 0.15) is 11.9 Å². The fourth-order valence-corrected chi connectivity index (χ4v) is 9.91. The first-order chi connectivity index (χ1) is 13.7. The number of Topliss-reactive ketones (excluding diaryl/α,β-unsaturated/α-hetero) is 1. The summed E-state index contributed by atoms with van der Waals surface area (Å²) in [6.45, 7) is 0. The van der Waals surface area contributed by atoms with Gasteiger partial charge >= 0.3 is 0 Å². The maximum atomic E-state index is 13.8. The molecular formula is C18H18N2O7S2. The normalized spacial score (nSPS) is 52.6. The maximum Gasteiger partial charge on any atom is 0.261 e. The van der Waals surface area contributed by atoms with E-state index in [4.69, 9.17) is 0 Å². The highest BCUT2D eigenvalue weighted by atomic mass is 33.1. The average Bonchev–Trinajstić information content (AvgIpc) is 3.23. The van der Waals surface area contributed by atoms with E-state index in [-0.39, 0.29) is 30.8 Å². The Morgan fingerprint density at radius 3 is 2.14 bits per heavy atom. The molecule has 2 amide bonds. The molecule has 29 heavy (non-hydrogen) atoms. The number of fused-ring (bicyclic) bond motifs is 3. The molecule has 9 nitrogen and oxygen atoms in total. The third-order valence-corrected chi connectivity index (χ3v) is 11.0. The van der Waals surface area contributed by atoms with Crippen molar-refractivity contribution in [3.63, 3.8) is 0 Å². The van der Waals surface area contributed by atoms with Gasteiger partial charge in [-0.25, -0.2) is 0 Å². The first kappa shape index (κ1) is 18.4. The summed E-state index contributed by atoms with van der Waals surface area (Å²) in [6, 6.07) is -1.78. The van der Waals surface area contributed by atoms with E-state index >= 15 is 0 Å². The Hall–Kier alpha value is -1.40. The van der Waals surface area contributed by atoms with Crippen molar-refractivity contribution < 1.29 is 34.5 Å². The van der Waals surface area contributed by atoms with Crippen molar-refractivity contribution in [3.05, 3.63) is 12.2 Å². The first-order valence-corrected chi connectivity index (χ1v) is 11.7. The predicted molar refractivity (Wildman–Crippen MR) is 99.9 cm³/mol. The first-order valence-electron chi connectivity index (χ1n) is 9.56. The number of hydrogen-bond donors (Lipinski definition) is 3. The molecule has 9 atom stereocenters. The number of piperazine rings is 1. The monoisotopic (exact) mass is 438 g/mol. The summed E-state index contributed by atoms with van der Waals surface area (Å²) >= 11 is 0. The van der Waals surface area contributed by atoms with Crippen molar-refractivity contribution in [1.82, 2.24) is 9.80 Å². The van der Waals surface area contributed by atoms with E-state index < -0.39 is 63.8 Å². The van der Waals surface area contributed by atoms with Gasteiger partial charge in [-0.2, -0.15) is 0 Å². The Morgan fingerprint density at radius 2 is 1.48 bits per heavy atom. The Bertz CT molecular complexity index is 926. The average molecular weight is 438 g/mol. The second-order valence-electron chi connectivity index (χ2n) is 8.67. The summed E-state index contributed by atoms with van der Waals surface area (Å²) in [5, 5.41) is 31.3. The third kappa shape index (κ3) is 1.88. The number of rotatable bonds is 0. The molecule has 6 fully saturated rings. The molecule has 11 heteroatoms. The van der Waals surface area contributed by atoms with Crippen molar-refractivity contribution in [1.29, 1.82) is 0 Å². The number of aliphatic hydroxyl groups excluding tert-OH is 3. The van der Waals surface area contributed by atoms with E-state index in [1.165, 1.54) is 43.5 Å². The number of amides is 2. The number of ketones is 2. The lowest BCUT2D eigenvalue weighted by Crippen LogP contribution is -2.77. The SMILES string of the molecule is O=C1C=C[C@H](O)[C@@H]2[C@@H]1C[C@@]13SS[C@]4(C[C@H]5C(=O)C[C@H](O)[C@H](O)[C@H]5N4C1=O)C(=O)N23. The summed E-state index contributed by atoms with van der Waals surface area (Å²) in [5.74, 6) is -2.72. The zero-order valence-corrected chi connectivity index (χ0v) is 16.6. The molecule has 0 aromatic carbocycles. The van der Waals surface area contributed by atoms with Crippen LogP contribution in [0.4, 0.5) is 0 Å². The molecule has 2 aliphatic carbocycles. The Balaban J connectivity index is 1.51. The Labute approximate surface area is 172 Å². The van der Waals surface area contributed by atoms with Crippen molar-refractivity contribution in [2.45, 2.75) is 59.4 Å². The second kappa shape index (κ2) is 5.44. The number of carbonyl (C=O) groups excluding carboxylic acids is 4. The highest BCUT2D eigenvalue weighted by Crippen LogP contribution is 2.69. The molecule has 5 heterocycles. The lowest BCUT2D eigenvalue weighted by Gasteiger charge is -2.59. The van der Waals surface area contributed by atoms with Gasteiger partial charge in [0, 0.05) is 31.1 Å². The van der Waals surface area contributed by atoms with E-state index in [9.17, 15) is 34.5 Å². The summed E-state index contributed by atoms with van der Waals surface area (Å²) in [6.07, 6.45) is -1.06. The van der Waals surface area contributed by atoms with Crippen LogP contribution < -0.4 is 0 Å². The van der Waals surface area contributed by atoms with Crippen LogP contribution in [0.25, 0.3) is 0 Å². The van der Waals surface area contributed by atoms with Gasteiger partial charge in [0.25, 0.3) is 11.8 Å². The Morgan fingerprint density at radius 1 is 0.897 bits per heavy atom. The summed E-state index contributed by atoms with van der Waals surface area (Å²) in [5.41, 5.74) is 0. The lowest BCUT2D eigenvalue weighted by molar-refractivity contribution is -0.172. The van der Waals surface area contributed by atoms with E-state index in [1.807, 2.05) is 0 Å². The molecule has 0 aromatic rings. The minimum atomic E-state index is -1.38. The van der Waals surface area contributed by atoms with Crippen LogP contribution in [0, 0.1) is 11.8 Å². The van der Waals surface area contributed by atoms with Crippen LogP contribution >= 0.6 is 21.6 Å². The van der Waals surface area contributed by atoms with E-state index in [0.29, 0.717) is 0 Å². The number of aliphatic hydroxyl groups is 3. The van der Waals surface area contributed by atoms with Crippen LogP contribution in [0.15, 0.2) is 12.2 Å². The molecular weight excluding hydrogens is 420 g/mol. The maximum absolute atomic E-state index is 13.8. The predicted octanol–water partition coefficient (Wildman–Crippen LogP) is -1.58. The van der Waals surface area contributed by atoms with Crippen LogP contribution in [0.5, 0.6) is 0 Å². The molecule has 0 aromatic heterocycles. The van der Waals surface area contributed by atoms with E-state index in [1.54, 1.807) is 0 Å². The van der Waals surface area contributed by atoms with Gasteiger partial charge in [0.15, 0.2) is 15.5 Å². The number of allylic oxidation sites excluding steroid dienone is 1. The molecule has 2 bridgehead atoms. The van der Waals surface area contributed by atoms with Crippen LogP contribution in [-0.4, -0.2) is 88.6 Å². The second-order valence-corrected chi connectivity index (χ2v) is 11.4. The van der Waals surface area contributed by atoms with Crippen LogP contribution in [0.1, 0.15) is 19.3 Å². The summed E-state index contributed by atoms with van der Waals surface area (Å²) in [4.78, 5) is 52.5. The van der Waals surface area contributed by atoms with Gasteiger partial charge in [-0.3, -0.25) is 19.2 Å². The molecule has 154 valence electrons. The van der Waals surface area contributed by atoms with Gasteiger partial charge in [0.05, 0.1) is 24.3 Å². The van der Waals surface area contributed by atoms with Crippen LogP contribution in [0.3, 0.4) is 0 Å². The van der Waals surface area contributed by atoms with Gasteiger partial charge in [-0.15, -0.1) is 0 Å². The smallest absolute Gasteiger partial charge is 0.261 e. The third-order valence-electron chi connectivity index (χ3n) is 7.36. The highest BCUT2D eigenvalue weighted by molar-refractivity contribution is 8.78. The fourth-order valence-electron chi connectivity index (χ4n) is 6.08. The lowest BCUT2D eigenvalue weighted by atomic mass is 9.80. The van der Waals surface area contributed by atoms with Crippen LogP contribution in [-0.2, 0) is 19.2 Å². The van der Waals surface area contributed by atoms with Gasteiger partial charge in [0.2, 0.25) is 0 Å². The standard InChI is InChI=1S/C18H18N2O7S2/c21-8-1-2-9(22)12-6(8)4-17-16(27)20-13-7(10(23)3-11(24)14(13)25)5-18(20,29-28-17)15(26)19(12)17/h1-2,6-7,9,11-14,22,24-25H,3-5H2/t6-,7+,9+,11+,12+,13+,14+,17-,18-/m1/s1. The van der Waals surface area contributed by atoms with E-state index in [2.05, 4.69) is 0 Å². The number of carbonyl (C=O) groups is 4. The van der Waals surface area contributed by atoms with Crippen molar-refractivity contribution in [3.8, 4) is 0 Å². The minimum Gasteiger partial charge on any atom is -0.390 e. The molecule has 0 unspecified atom stereocenters. The van der Waals surface area contributed by atoms with Gasteiger partial charge in [-0.05, 0) is 6.08 Å². The molecule has 1 saturated carbocycles. The van der Waals surface area contributed by atoms with Crippen molar-refractivity contribution >= 4 is 45.0 Å². The molecule has 7 rings (SSSR count). The zero-order valence-electron chi connectivity index (χ0n) is 15.0. The minimum absolute atomic E-state index is 0.0619. The number of nitrogens with zero attached hydrogens (tertiary/aromatic N) is 2. The molecule has 5 saturated heterocycles. The van der Waals surface area contributed by atoms with Gasteiger partial charge < -0.3 is 25.1 Å². The summed E-state index contributed by atoms with van der Waals surface area (Å²) < 4.78 is 0. The molecule has 2 spiro atoms. The molecule has 5 aliphatic heterocycles. The number of hydrogen-bond acceptors (Lipinski definition) is 9. The highest BCUT2D eigenvalue weighted by Gasteiger charge is 2.79. The van der Waals surface area contributed by atoms with Crippen molar-refractivity contribution in [2.24, 2.45) is 11.8 Å². The Kier molecular flexibility index (Phi) is 3.45. The zero-order chi connectivity index (χ0) is 20.5. The topological polar surface area (TPSA) is 135 Å². The van der Waals surface area contributed by atoms with Crippen molar-refractivity contribution in [2.75, 3.05) is 0 Å². The van der Waals surface area contributed by atoms with Crippen LogP contribution in [0.2, 0.25) is 0 Å². The fraction of sp³-hybridized carbons (Fsp3) is 0.667. The quantitative estimate of drug-likeness (QED) is 0.383. The van der Waals surface area contributed by atoms with E-state index in [0.717, 1.165) is 0 Å². The summed E-state index contributed by atoms with van der Waals surface area (Å²) in [7, 11) is 2.41.